The van der Waals surface area contributed by atoms with Crippen LogP contribution in [-0.2, 0) is 0 Å². The van der Waals surface area contributed by atoms with E-state index < -0.39 is 11.2 Å². The molecule has 26 heavy (non-hydrogen) atoms. The molecule has 126 valence electrons. The number of aromatic hydroxyl groups is 1. The van der Waals surface area contributed by atoms with Gasteiger partial charge < -0.3 is 5.11 Å². The second-order valence-electron chi connectivity index (χ2n) is 5.61. The monoisotopic (exact) mass is 380 g/mol. The van der Waals surface area contributed by atoms with Crippen LogP contribution >= 0.6 is 22.9 Å². The predicted molar refractivity (Wildman–Crippen MR) is 104 cm³/mol. The predicted octanol–water partition coefficient (Wildman–Crippen LogP) is 5.56. The summed E-state index contributed by atoms with van der Waals surface area (Å²) in [6, 6.07) is 18.2. The highest BCUT2D eigenvalue weighted by molar-refractivity contribution is 7.22. The van der Waals surface area contributed by atoms with Crippen molar-refractivity contribution in [2.24, 2.45) is 0 Å². The highest BCUT2D eigenvalue weighted by atomic mass is 35.5. The molecular formula is C19H11ClN3O2S+. The summed E-state index contributed by atoms with van der Waals surface area (Å²) in [7, 11) is 0. The van der Waals surface area contributed by atoms with Crippen molar-refractivity contribution >= 4 is 38.8 Å². The van der Waals surface area contributed by atoms with Gasteiger partial charge in [0.25, 0.3) is 0 Å². The van der Waals surface area contributed by atoms with Gasteiger partial charge in [0.1, 0.15) is 4.70 Å². The fourth-order valence-corrected chi connectivity index (χ4v) is 4.04. The van der Waals surface area contributed by atoms with Crippen LogP contribution in [-0.4, -0.2) is 9.67 Å². The lowest BCUT2D eigenvalue weighted by atomic mass is 10.2. The molecule has 0 bridgehead atoms. The molecule has 0 amide bonds. The minimum absolute atomic E-state index is 0.329. The number of fused-ring (bicyclic) bond motifs is 1. The van der Waals surface area contributed by atoms with Crippen LogP contribution < -0.4 is 5.56 Å². The van der Waals surface area contributed by atoms with Crippen LogP contribution in [0.25, 0.3) is 31.3 Å². The Hall–Kier alpha value is -3.14. The molecular weight excluding hydrogens is 370 g/mol. The Morgan fingerprint density at radius 3 is 2.42 bits per heavy atom. The standard InChI is InChI=1S/C19H10ClN3O2S/c20-12-6-8-13(9-7-12)23-14-10-15(11-4-2-1-3-5-11)26-18(14)17(24)16(22-21)19(23)25/h1-10H/p+1. The van der Waals surface area contributed by atoms with Crippen LogP contribution in [0.2, 0.25) is 5.02 Å². The van der Waals surface area contributed by atoms with Crippen molar-refractivity contribution in [3.63, 3.8) is 0 Å². The van der Waals surface area contributed by atoms with Gasteiger partial charge in [0, 0.05) is 15.6 Å². The Morgan fingerprint density at radius 2 is 1.77 bits per heavy atom. The molecule has 4 aromatic rings. The number of thiophene rings is 1. The highest BCUT2D eigenvalue weighted by Crippen LogP contribution is 2.41. The highest BCUT2D eigenvalue weighted by Gasteiger charge is 2.28. The Balaban J connectivity index is 2.10. The molecule has 0 unspecified atom stereocenters. The fourth-order valence-electron chi connectivity index (χ4n) is 2.82. The van der Waals surface area contributed by atoms with E-state index in [1.165, 1.54) is 15.9 Å². The molecule has 0 saturated carbocycles. The Bertz CT molecular complexity index is 1220. The first-order chi connectivity index (χ1) is 12.6. The Labute approximate surface area is 157 Å². The maximum Gasteiger partial charge on any atom is 0.492 e. The first-order valence-electron chi connectivity index (χ1n) is 7.68. The summed E-state index contributed by atoms with van der Waals surface area (Å²) in [5.74, 6) is -0.329. The summed E-state index contributed by atoms with van der Waals surface area (Å²) >= 11 is 7.26. The normalized spacial score (nSPS) is 10.8. The van der Waals surface area contributed by atoms with E-state index in [4.69, 9.17) is 11.6 Å². The van der Waals surface area contributed by atoms with Crippen molar-refractivity contribution in [3.8, 4) is 21.9 Å². The third-order valence-corrected chi connectivity index (χ3v) is 5.47. The number of halogens is 1. The minimum atomic E-state index is -0.614. The zero-order valence-corrected chi connectivity index (χ0v) is 14.8. The third kappa shape index (κ3) is 2.54. The first-order valence-corrected chi connectivity index (χ1v) is 8.87. The number of rotatable bonds is 2. The largest absolute Gasteiger partial charge is 0.500 e. The second kappa shape index (κ2) is 6.30. The van der Waals surface area contributed by atoms with Gasteiger partial charge in [0.15, 0.2) is 4.98 Å². The van der Waals surface area contributed by atoms with Crippen LogP contribution in [0.1, 0.15) is 0 Å². The van der Waals surface area contributed by atoms with E-state index in [0.29, 0.717) is 20.9 Å². The molecule has 2 aromatic heterocycles. The molecule has 7 heteroatoms. The molecule has 0 aliphatic heterocycles. The lowest BCUT2D eigenvalue weighted by Crippen LogP contribution is -2.17. The van der Waals surface area contributed by atoms with Crippen LogP contribution in [0.15, 0.2) is 65.5 Å². The van der Waals surface area contributed by atoms with Crippen molar-refractivity contribution < 1.29 is 5.11 Å². The summed E-state index contributed by atoms with van der Waals surface area (Å²) in [5.41, 5.74) is 1.05. The first kappa shape index (κ1) is 16.3. The van der Waals surface area contributed by atoms with Gasteiger partial charge in [-0.25, -0.2) is 0 Å². The zero-order valence-electron chi connectivity index (χ0n) is 13.3. The number of pyridine rings is 1. The van der Waals surface area contributed by atoms with Gasteiger partial charge in [-0.05, 0) is 35.9 Å². The molecule has 5 nitrogen and oxygen atoms in total. The average Bonchev–Trinajstić information content (AvgIpc) is 3.10. The van der Waals surface area contributed by atoms with E-state index in [1.807, 2.05) is 36.4 Å². The molecule has 0 atom stereocenters. The Morgan fingerprint density at radius 1 is 1.08 bits per heavy atom. The van der Waals surface area contributed by atoms with E-state index in [1.54, 1.807) is 24.3 Å². The van der Waals surface area contributed by atoms with Crippen LogP contribution in [0, 0.1) is 5.39 Å². The molecule has 2 aromatic carbocycles. The smallest absolute Gasteiger partial charge is 0.492 e. The van der Waals surface area contributed by atoms with E-state index in [0.717, 1.165) is 10.4 Å². The summed E-state index contributed by atoms with van der Waals surface area (Å²) in [6.45, 7) is 0. The van der Waals surface area contributed by atoms with Crippen molar-refractivity contribution in [1.82, 2.24) is 4.57 Å². The molecule has 1 N–H and O–H groups in total. The molecule has 0 saturated heterocycles. The van der Waals surface area contributed by atoms with Gasteiger partial charge >= 0.3 is 11.2 Å². The molecule has 0 spiro atoms. The van der Waals surface area contributed by atoms with Gasteiger partial charge in [-0.1, -0.05) is 41.9 Å². The third-order valence-electron chi connectivity index (χ3n) is 4.04. The number of nitrogens with zero attached hydrogens (tertiary/aromatic N) is 3. The topological polar surface area (TPSA) is 70.4 Å². The molecule has 2 heterocycles. The summed E-state index contributed by atoms with van der Waals surface area (Å²) in [5, 5.41) is 20.2. The molecule has 0 aliphatic carbocycles. The van der Waals surface area contributed by atoms with E-state index >= 15 is 0 Å². The number of diazo groups is 1. The van der Waals surface area contributed by atoms with Crippen LogP contribution in [0.3, 0.4) is 0 Å². The van der Waals surface area contributed by atoms with Gasteiger partial charge in [0.2, 0.25) is 11.1 Å². The lowest BCUT2D eigenvalue weighted by Gasteiger charge is -2.07. The van der Waals surface area contributed by atoms with Crippen LogP contribution in [0.5, 0.6) is 5.75 Å². The van der Waals surface area contributed by atoms with Crippen molar-refractivity contribution in [1.29, 1.82) is 5.39 Å². The van der Waals surface area contributed by atoms with Crippen molar-refractivity contribution in [2.75, 3.05) is 0 Å². The summed E-state index contributed by atoms with van der Waals surface area (Å²) in [6.07, 6.45) is 0. The number of benzene rings is 2. The second-order valence-corrected chi connectivity index (χ2v) is 7.09. The molecule has 0 aliphatic rings. The number of hydrogen-bond acceptors (Lipinski definition) is 4. The van der Waals surface area contributed by atoms with Gasteiger partial charge in [-0.3, -0.25) is 9.36 Å². The number of hydrogen-bond donors (Lipinski definition) is 1. The van der Waals surface area contributed by atoms with Crippen LogP contribution in [0.4, 0.5) is 5.69 Å². The summed E-state index contributed by atoms with van der Waals surface area (Å²) < 4.78 is 1.87. The average molecular weight is 381 g/mol. The molecule has 0 radical (unpaired) electrons. The van der Waals surface area contributed by atoms with Crippen molar-refractivity contribution in [2.45, 2.75) is 0 Å². The van der Waals surface area contributed by atoms with E-state index in [-0.39, 0.29) is 5.75 Å². The van der Waals surface area contributed by atoms with Gasteiger partial charge in [-0.2, -0.15) is 0 Å². The van der Waals surface area contributed by atoms with Gasteiger partial charge in [-0.15, -0.1) is 11.3 Å². The molecule has 0 fully saturated rings. The fraction of sp³-hybridized carbons (Fsp3) is 0. The maximum absolute atomic E-state index is 12.8. The SMILES string of the molecule is N#[N+]c1c(O)c2sc(-c3ccccc3)cc2n(-c2ccc(Cl)cc2)c1=O. The molecule has 4 rings (SSSR count). The van der Waals surface area contributed by atoms with E-state index in [9.17, 15) is 15.3 Å². The van der Waals surface area contributed by atoms with E-state index in [2.05, 4.69) is 4.98 Å². The van der Waals surface area contributed by atoms with Crippen molar-refractivity contribution in [3.05, 3.63) is 81.0 Å². The zero-order chi connectivity index (χ0) is 18.3. The lowest BCUT2D eigenvalue weighted by molar-refractivity contribution is 0.484. The maximum atomic E-state index is 12.8. The quantitative estimate of drug-likeness (QED) is 0.462. The van der Waals surface area contributed by atoms with Gasteiger partial charge in [0.05, 0.1) is 5.52 Å². The Kier molecular flexibility index (Phi) is 3.96. The number of aromatic nitrogens is 1. The minimum Gasteiger partial charge on any atom is -0.500 e. The summed E-state index contributed by atoms with van der Waals surface area (Å²) in [4.78, 5) is 16.7.